The molecule has 0 aliphatic carbocycles. The molecule has 4 nitrogen and oxygen atoms in total. The number of aryl methyl sites for hydroxylation is 1. The van der Waals surface area contributed by atoms with Gasteiger partial charge in [0.05, 0.1) is 0 Å². The smallest absolute Gasteiger partial charge is 0.352 e. The fraction of sp³-hybridized carbons (Fsp3) is 0.0476. The fourth-order valence-electron chi connectivity index (χ4n) is 2.55. The molecule has 2 N–H and O–H groups in total. The maximum absolute atomic E-state index is 12.4. The van der Waals surface area contributed by atoms with Crippen LogP contribution in [0.5, 0.6) is 0 Å². The average Bonchev–Trinajstić information content (AvgIpc) is 3.10. The van der Waals surface area contributed by atoms with Crippen molar-refractivity contribution >= 4 is 40.9 Å². The third-order valence-corrected chi connectivity index (χ3v) is 5.32. The molecule has 0 spiro atoms. The van der Waals surface area contributed by atoms with Crippen LogP contribution in [0.2, 0.25) is 5.02 Å². The number of benzene rings is 2. The van der Waals surface area contributed by atoms with E-state index in [-0.39, 0.29) is 5.70 Å². The lowest BCUT2D eigenvalue weighted by Crippen LogP contribution is -2.27. The molecule has 27 heavy (non-hydrogen) atoms. The lowest BCUT2D eigenvalue weighted by molar-refractivity contribution is -0.132. The van der Waals surface area contributed by atoms with Crippen molar-refractivity contribution < 1.29 is 14.7 Å². The summed E-state index contributed by atoms with van der Waals surface area (Å²) in [6.07, 6.45) is 1.45. The molecule has 1 amide bonds. The summed E-state index contributed by atoms with van der Waals surface area (Å²) in [6.45, 7) is 1.80. The molecule has 0 aliphatic heterocycles. The van der Waals surface area contributed by atoms with Crippen molar-refractivity contribution in [2.24, 2.45) is 0 Å². The second-order valence-electron chi connectivity index (χ2n) is 5.81. The van der Waals surface area contributed by atoms with Crippen LogP contribution in [0.15, 0.2) is 66.4 Å². The van der Waals surface area contributed by atoms with Crippen molar-refractivity contribution in [1.82, 2.24) is 5.32 Å². The Bertz CT molecular complexity index is 1040. The topological polar surface area (TPSA) is 66.4 Å². The third-order valence-electron chi connectivity index (χ3n) is 3.92. The number of thiophene rings is 1. The van der Waals surface area contributed by atoms with E-state index in [0.717, 1.165) is 16.0 Å². The molecule has 0 saturated carbocycles. The molecular weight excluding hydrogens is 382 g/mol. The van der Waals surface area contributed by atoms with Crippen LogP contribution >= 0.6 is 22.9 Å². The Morgan fingerprint density at radius 3 is 2.44 bits per heavy atom. The van der Waals surface area contributed by atoms with E-state index in [4.69, 9.17) is 11.6 Å². The number of hydrogen-bond acceptors (Lipinski definition) is 3. The zero-order valence-electron chi connectivity index (χ0n) is 14.4. The molecule has 0 unspecified atom stereocenters. The van der Waals surface area contributed by atoms with E-state index >= 15 is 0 Å². The van der Waals surface area contributed by atoms with Gasteiger partial charge in [-0.25, -0.2) is 4.79 Å². The molecule has 0 radical (unpaired) electrons. The summed E-state index contributed by atoms with van der Waals surface area (Å²) in [5, 5.41) is 12.6. The molecule has 6 heteroatoms. The molecule has 1 heterocycles. The quantitative estimate of drug-likeness (QED) is 0.579. The number of aliphatic carboxylic acids is 1. The maximum Gasteiger partial charge on any atom is 0.352 e. The predicted octanol–water partition coefficient (Wildman–Crippen LogP) is 5.23. The van der Waals surface area contributed by atoms with E-state index in [1.165, 1.54) is 17.4 Å². The van der Waals surface area contributed by atoms with Crippen LogP contribution in [0.4, 0.5) is 0 Å². The van der Waals surface area contributed by atoms with Crippen LogP contribution in [0, 0.1) is 6.92 Å². The van der Waals surface area contributed by atoms with Crippen molar-refractivity contribution in [2.75, 3.05) is 0 Å². The van der Waals surface area contributed by atoms with Crippen LogP contribution in [-0.2, 0) is 4.79 Å². The molecule has 1 aromatic heterocycles. The standard InChI is InChI=1S/C21H16ClNO3S/c1-13-6-2-3-7-15(13)20(24)23-18(21(25)26)12-14-10-11-19(27-14)16-8-4-5-9-17(16)22/h2-12H,1H3,(H,23,24)(H,25,26)/b18-12+. The number of rotatable bonds is 5. The zero-order chi connectivity index (χ0) is 19.4. The molecular formula is C21H16ClNO3S. The molecule has 0 bridgehead atoms. The number of carboxylic acid groups (broad SMARTS) is 1. The fourth-order valence-corrected chi connectivity index (χ4v) is 3.83. The summed E-state index contributed by atoms with van der Waals surface area (Å²) < 4.78 is 0. The molecule has 136 valence electrons. The Balaban J connectivity index is 1.87. The Morgan fingerprint density at radius 1 is 1.04 bits per heavy atom. The largest absolute Gasteiger partial charge is 0.477 e. The summed E-state index contributed by atoms with van der Waals surface area (Å²) in [5.74, 6) is -1.66. The summed E-state index contributed by atoms with van der Waals surface area (Å²) in [6, 6.07) is 18.1. The molecule has 0 aliphatic rings. The molecule has 3 aromatic rings. The van der Waals surface area contributed by atoms with Crippen LogP contribution in [0.25, 0.3) is 16.5 Å². The van der Waals surface area contributed by atoms with Gasteiger partial charge in [0, 0.05) is 25.9 Å². The minimum atomic E-state index is -1.20. The van der Waals surface area contributed by atoms with E-state index in [0.29, 0.717) is 15.5 Å². The Morgan fingerprint density at radius 2 is 1.74 bits per heavy atom. The highest BCUT2D eigenvalue weighted by Crippen LogP contribution is 2.33. The van der Waals surface area contributed by atoms with Crippen LogP contribution < -0.4 is 5.32 Å². The van der Waals surface area contributed by atoms with Gasteiger partial charge in [-0.05, 0) is 42.8 Å². The van der Waals surface area contributed by atoms with Gasteiger partial charge in [-0.3, -0.25) is 4.79 Å². The first-order valence-corrected chi connectivity index (χ1v) is 9.32. The van der Waals surface area contributed by atoms with E-state index in [1.54, 1.807) is 37.3 Å². The highest BCUT2D eigenvalue weighted by atomic mass is 35.5. The summed E-state index contributed by atoms with van der Waals surface area (Å²) in [4.78, 5) is 25.6. The second kappa shape index (κ2) is 8.20. The van der Waals surface area contributed by atoms with Crippen molar-refractivity contribution in [2.45, 2.75) is 6.92 Å². The molecule has 3 rings (SSSR count). The number of halogens is 1. The number of amides is 1. The Hall–Kier alpha value is -2.89. The van der Waals surface area contributed by atoms with Gasteiger partial charge in [0.15, 0.2) is 0 Å². The molecule has 2 aromatic carbocycles. The number of nitrogens with one attached hydrogen (secondary N) is 1. The van der Waals surface area contributed by atoms with Gasteiger partial charge < -0.3 is 10.4 Å². The molecule has 0 atom stereocenters. The van der Waals surface area contributed by atoms with Crippen LogP contribution in [-0.4, -0.2) is 17.0 Å². The van der Waals surface area contributed by atoms with Gasteiger partial charge in [-0.2, -0.15) is 0 Å². The molecule has 0 fully saturated rings. The number of carbonyl (C=O) groups is 2. The second-order valence-corrected chi connectivity index (χ2v) is 7.34. The van der Waals surface area contributed by atoms with E-state index in [9.17, 15) is 14.7 Å². The van der Waals surface area contributed by atoms with Gasteiger partial charge >= 0.3 is 5.97 Å². The van der Waals surface area contributed by atoms with Crippen LogP contribution in [0.1, 0.15) is 20.8 Å². The lowest BCUT2D eigenvalue weighted by Gasteiger charge is -2.08. The first-order chi connectivity index (χ1) is 13.0. The number of carboxylic acids is 1. The van der Waals surface area contributed by atoms with Gasteiger partial charge in [-0.15, -0.1) is 11.3 Å². The average molecular weight is 398 g/mol. The van der Waals surface area contributed by atoms with Gasteiger partial charge in [0.1, 0.15) is 5.70 Å². The van der Waals surface area contributed by atoms with Gasteiger partial charge in [0.25, 0.3) is 5.91 Å². The molecule has 0 saturated heterocycles. The van der Waals surface area contributed by atoms with Crippen molar-refractivity contribution in [3.8, 4) is 10.4 Å². The van der Waals surface area contributed by atoms with Crippen molar-refractivity contribution in [1.29, 1.82) is 0 Å². The first kappa shape index (κ1) is 18.9. The van der Waals surface area contributed by atoms with Crippen molar-refractivity contribution in [3.63, 3.8) is 0 Å². The number of carbonyl (C=O) groups excluding carboxylic acids is 1. The highest BCUT2D eigenvalue weighted by Gasteiger charge is 2.15. The van der Waals surface area contributed by atoms with E-state index < -0.39 is 11.9 Å². The monoisotopic (exact) mass is 397 g/mol. The normalized spacial score (nSPS) is 11.3. The summed E-state index contributed by atoms with van der Waals surface area (Å²) in [5.41, 5.74) is 1.91. The Kier molecular flexibility index (Phi) is 5.74. The zero-order valence-corrected chi connectivity index (χ0v) is 16.0. The minimum Gasteiger partial charge on any atom is -0.477 e. The van der Waals surface area contributed by atoms with E-state index in [2.05, 4.69) is 5.32 Å². The predicted molar refractivity (Wildman–Crippen MR) is 109 cm³/mol. The lowest BCUT2D eigenvalue weighted by atomic mass is 10.1. The first-order valence-electron chi connectivity index (χ1n) is 8.12. The van der Waals surface area contributed by atoms with Gasteiger partial charge in [0.2, 0.25) is 0 Å². The number of hydrogen-bond donors (Lipinski definition) is 2. The van der Waals surface area contributed by atoms with Gasteiger partial charge in [-0.1, -0.05) is 48.0 Å². The highest BCUT2D eigenvalue weighted by molar-refractivity contribution is 7.16. The van der Waals surface area contributed by atoms with E-state index in [1.807, 2.05) is 30.3 Å². The van der Waals surface area contributed by atoms with Crippen molar-refractivity contribution in [3.05, 3.63) is 87.4 Å². The Labute approximate surface area is 165 Å². The van der Waals surface area contributed by atoms with Crippen LogP contribution in [0.3, 0.4) is 0 Å². The maximum atomic E-state index is 12.4. The minimum absolute atomic E-state index is 0.184. The summed E-state index contributed by atoms with van der Waals surface area (Å²) in [7, 11) is 0. The summed E-state index contributed by atoms with van der Waals surface area (Å²) >= 11 is 7.61. The SMILES string of the molecule is Cc1ccccc1C(=O)N/C(=C/c1ccc(-c2ccccc2Cl)s1)C(=O)O. The third kappa shape index (κ3) is 4.45.